The Balaban J connectivity index is 2.75. The van der Waals surface area contributed by atoms with Gasteiger partial charge in [0.15, 0.2) is 0 Å². The van der Waals surface area contributed by atoms with Gasteiger partial charge in [0.2, 0.25) is 0 Å². The summed E-state index contributed by atoms with van der Waals surface area (Å²) in [6, 6.07) is 6.65. The fourth-order valence-electron chi connectivity index (χ4n) is 2.72. The largest absolute Gasteiger partial charge is 0.458 e. The van der Waals surface area contributed by atoms with Gasteiger partial charge in [-0.3, -0.25) is 0 Å². The van der Waals surface area contributed by atoms with Crippen LogP contribution in [-0.2, 0) is 9.47 Å². The number of carbonyl (C=O) groups excluding carboxylic acids is 2. The van der Waals surface area contributed by atoms with Gasteiger partial charge in [-0.05, 0) is 62.8 Å². The van der Waals surface area contributed by atoms with Gasteiger partial charge in [-0.2, -0.15) is 0 Å². The summed E-state index contributed by atoms with van der Waals surface area (Å²) in [5.41, 5.74) is 2.66. The van der Waals surface area contributed by atoms with Crippen LogP contribution in [0.3, 0.4) is 0 Å². The molecule has 1 aromatic carbocycles. The number of benzene rings is 1. The molecule has 1 rings (SSSR count). The molecule has 28 heavy (non-hydrogen) atoms. The lowest BCUT2D eigenvalue weighted by atomic mass is 10.1. The molecule has 0 heterocycles. The number of hydrogen-bond donors (Lipinski definition) is 0. The normalized spacial score (nSPS) is 12.0. The van der Waals surface area contributed by atoms with Crippen molar-refractivity contribution in [2.75, 3.05) is 13.2 Å². The fraction of sp³-hybridized carbons (Fsp3) is 0.500. The zero-order valence-electron chi connectivity index (χ0n) is 17.8. The van der Waals surface area contributed by atoms with E-state index in [4.69, 9.17) is 9.47 Å². The van der Waals surface area contributed by atoms with E-state index in [1.165, 1.54) is 0 Å². The molecule has 0 N–H and O–H groups in total. The van der Waals surface area contributed by atoms with E-state index in [0.29, 0.717) is 0 Å². The van der Waals surface area contributed by atoms with E-state index < -0.39 is 11.9 Å². The van der Waals surface area contributed by atoms with Crippen molar-refractivity contribution in [2.24, 2.45) is 0 Å². The molecule has 0 spiro atoms. The maximum absolute atomic E-state index is 12.5. The molecule has 0 aliphatic rings. The number of allylic oxidation sites excluding steroid dienone is 2. The van der Waals surface area contributed by atoms with E-state index in [2.05, 4.69) is 13.8 Å². The monoisotopic (exact) mass is 386 g/mol. The summed E-state index contributed by atoms with van der Waals surface area (Å²) in [6.45, 7) is 8.64. The number of ether oxygens (including phenoxy) is 2. The average molecular weight is 387 g/mol. The van der Waals surface area contributed by atoms with Crippen LogP contribution >= 0.6 is 0 Å². The van der Waals surface area contributed by atoms with Crippen LogP contribution in [0.5, 0.6) is 0 Å². The lowest BCUT2D eigenvalue weighted by molar-refractivity contribution is 0.0490. The number of carbonyl (C=O) groups is 2. The Kier molecular flexibility index (Phi) is 11.6. The van der Waals surface area contributed by atoms with Crippen LogP contribution in [0.2, 0.25) is 0 Å². The second-order valence-corrected chi connectivity index (χ2v) is 6.80. The predicted octanol–water partition coefficient (Wildman–Crippen LogP) is 6.27. The Morgan fingerprint density at radius 2 is 1.18 bits per heavy atom. The first-order valence-corrected chi connectivity index (χ1v) is 10.3. The van der Waals surface area contributed by atoms with Crippen LogP contribution in [0.25, 0.3) is 0 Å². The number of rotatable bonds is 12. The maximum atomic E-state index is 12.5. The molecule has 0 radical (unpaired) electrons. The minimum absolute atomic E-state index is 0.244. The summed E-state index contributed by atoms with van der Waals surface area (Å²) >= 11 is 0. The molecule has 0 aliphatic heterocycles. The lowest BCUT2D eigenvalue weighted by Crippen LogP contribution is -2.16. The highest BCUT2D eigenvalue weighted by Gasteiger charge is 2.19. The highest BCUT2D eigenvalue weighted by atomic mass is 16.5. The molecule has 0 saturated heterocycles. The van der Waals surface area contributed by atoms with E-state index in [1.807, 2.05) is 26.0 Å². The Labute approximate surface area is 169 Å². The van der Waals surface area contributed by atoms with Crippen LogP contribution in [0.1, 0.15) is 86.9 Å². The Hall–Kier alpha value is -2.36. The Bertz CT molecular complexity index is 627. The molecule has 0 aliphatic carbocycles. The van der Waals surface area contributed by atoms with Crippen LogP contribution in [0.4, 0.5) is 0 Å². The highest BCUT2D eigenvalue weighted by molar-refractivity contribution is 6.03. The van der Waals surface area contributed by atoms with Crippen LogP contribution in [0.15, 0.2) is 47.6 Å². The average Bonchev–Trinajstić information content (AvgIpc) is 2.73. The van der Waals surface area contributed by atoms with Crippen molar-refractivity contribution in [3.05, 3.63) is 58.7 Å². The van der Waals surface area contributed by atoms with Gasteiger partial charge in [0.05, 0.1) is 11.1 Å². The third kappa shape index (κ3) is 8.12. The third-order valence-corrected chi connectivity index (χ3v) is 4.66. The zero-order chi connectivity index (χ0) is 20.8. The number of esters is 2. The summed E-state index contributed by atoms with van der Waals surface area (Å²) < 4.78 is 10.9. The summed E-state index contributed by atoms with van der Waals surface area (Å²) in [4.78, 5) is 25.1. The first-order valence-electron chi connectivity index (χ1n) is 10.3. The highest BCUT2D eigenvalue weighted by Crippen LogP contribution is 2.15. The van der Waals surface area contributed by atoms with Gasteiger partial charge in [-0.25, -0.2) is 9.59 Å². The van der Waals surface area contributed by atoms with Crippen molar-refractivity contribution in [3.63, 3.8) is 0 Å². The second kappa shape index (κ2) is 13.8. The van der Waals surface area contributed by atoms with Gasteiger partial charge in [-0.15, -0.1) is 0 Å². The van der Waals surface area contributed by atoms with Gasteiger partial charge in [0.25, 0.3) is 0 Å². The molecule has 0 saturated carbocycles. The van der Waals surface area contributed by atoms with Crippen LogP contribution in [-0.4, -0.2) is 25.2 Å². The van der Waals surface area contributed by atoms with Crippen LogP contribution < -0.4 is 0 Å². The molecule has 4 heteroatoms. The first kappa shape index (κ1) is 23.7. The van der Waals surface area contributed by atoms with Crippen molar-refractivity contribution in [2.45, 2.75) is 66.2 Å². The molecule has 4 nitrogen and oxygen atoms in total. The van der Waals surface area contributed by atoms with Crippen molar-refractivity contribution in [3.8, 4) is 0 Å². The van der Waals surface area contributed by atoms with E-state index in [0.717, 1.165) is 49.7 Å². The molecular weight excluding hydrogens is 352 g/mol. The molecule has 0 atom stereocenters. The Morgan fingerprint density at radius 1 is 0.786 bits per heavy atom. The molecular formula is C24H34O4. The molecule has 0 bridgehead atoms. The van der Waals surface area contributed by atoms with Crippen molar-refractivity contribution < 1.29 is 19.1 Å². The van der Waals surface area contributed by atoms with Crippen LogP contribution in [0, 0.1) is 0 Å². The van der Waals surface area contributed by atoms with Gasteiger partial charge in [0.1, 0.15) is 13.2 Å². The fourth-order valence-corrected chi connectivity index (χ4v) is 2.72. The van der Waals surface area contributed by atoms with Gasteiger partial charge in [-0.1, -0.05) is 51.0 Å². The van der Waals surface area contributed by atoms with Gasteiger partial charge >= 0.3 is 11.9 Å². The molecule has 0 fully saturated rings. The predicted molar refractivity (Wildman–Crippen MR) is 114 cm³/mol. The summed E-state index contributed by atoms with van der Waals surface area (Å²) in [5, 5.41) is 0. The smallest absolute Gasteiger partial charge is 0.339 e. The van der Waals surface area contributed by atoms with E-state index in [1.54, 1.807) is 24.3 Å². The van der Waals surface area contributed by atoms with E-state index >= 15 is 0 Å². The van der Waals surface area contributed by atoms with Crippen molar-refractivity contribution in [1.29, 1.82) is 0 Å². The molecule has 154 valence electrons. The number of unbranched alkanes of at least 4 members (excludes halogenated alkanes) is 2. The van der Waals surface area contributed by atoms with E-state index in [-0.39, 0.29) is 24.3 Å². The first-order chi connectivity index (χ1) is 13.6. The molecule has 0 amide bonds. The quantitative estimate of drug-likeness (QED) is 0.314. The summed E-state index contributed by atoms with van der Waals surface area (Å²) in [7, 11) is 0. The van der Waals surface area contributed by atoms with Gasteiger partial charge in [0, 0.05) is 0 Å². The SMILES string of the molecule is CC=C(CCCC)COC(=O)c1ccccc1C(=O)OCC(=CC)CCCC. The van der Waals surface area contributed by atoms with E-state index in [9.17, 15) is 9.59 Å². The molecule has 1 aromatic rings. The molecule has 0 unspecified atom stereocenters. The minimum atomic E-state index is -0.499. The van der Waals surface area contributed by atoms with Crippen molar-refractivity contribution >= 4 is 11.9 Å². The molecule has 0 aromatic heterocycles. The van der Waals surface area contributed by atoms with Gasteiger partial charge < -0.3 is 9.47 Å². The zero-order valence-corrected chi connectivity index (χ0v) is 17.8. The maximum Gasteiger partial charge on any atom is 0.339 e. The lowest BCUT2D eigenvalue weighted by Gasteiger charge is -2.12. The minimum Gasteiger partial charge on any atom is -0.458 e. The summed E-state index contributed by atoms with van der Waals surface area (Å²) in [5.74, 6) is -0.999. The standard InChI is InChI=1S/C24H34O4/c1-5-9-13-19(7-3)17-27-23(25)21-15-11-12-16-22(21)24(26)28-18-20(8-4)14-10-6-2/h7-8,11-12,15-16H,5-6,9-10,13-14,17-18H2,1-4H3. The Morgan fingerprint density at radius 3 is 1.50 bits per heavy atom. The number of hydrogen-bond acceptors (Lipinski definition) is 4. The second-order valence-electron chi connectivity index (χ2n) is 6.80. The third-order valence-electron chi connectivity index (χ3n) is 4.66. The summed E-state index contributed by atoms with van der Waals surface area (Å²) in [6.07, 6.45) is 10.1. The van der Waals surface area contributed by atoms with Crippen molar-refractivity contribution in [1.82, 2.24) is 0 Å². The topological polar surface area (TPSA) is 52.6 Å².